The lowest BCUT2D eigenvalue weighted by atomic mass is 10.2. The summed E-state index contributed by atoms with van der Waals surface area (Å²) in [7, 11) is 0. The number of aromatic amines is 1. The van der Waals surface area contributed by atoms with Crippen molar-refractivity contribution in [3.63, 3.8) is 0 Å². The van der Waals surface area contributed by atoms with Crippen molar-refractivity contribution in [1.29, 1.82) is 0 Å². The minimum atomic E-state index is -0.446. The van der Waals surface area contributed by atoms with E-state index in [1.807, 2.05) is 6.92 Å². The van der Waals surface area contributed by atoms with Crippen LogP contribution in [0, 0.1) is 5.82 Å². The van der Waals surface area contributed by atoms with E-state index in [1.165, 1.54) is 6.07 Å². The lowest BCUT2D eigenvalue weighted by Crippen LogP contribution is -2.05. The molecule has 0 fully saturated rings. The topological polar surface area (TPSA) is 76.0 Å². The monoisotopic (exact) mass is 264 g/mol. The average molecular weight is 264 g/mol. The van der Waals surface area contributed by atoms with Gasteiger partial charge < -0.3 is 20.8 Å². The second kappa shape index (κ2) is 6.08. The first-order chi connectivity index (χ1) is 9.20. The molecule has 1 aromatic carbocycles. The summed E-state index contributed by atoms with van der Waals surface area (Å²) < 4.78 is 18.9. The Labute approximate surface area is 111 Å². The summed E-state index contributed by atoms with van der Waals surface area (Å²) in [6.07, 6.45) is 4.13. The number of nitrogens with two attached hydrogens (primary N) is 1. The summed E-state index contributed by atoms with van der Waals surface area (Å²) in [6.45, 7) is 2.97. The number of nitrogens with zero attached hydrogens (tertiary/aromatic N) is 1. The fourth-order valence-electron chi connectivity index (χ4n) is 1.62. The third-order valence-electron chi connectivity index (χ3n) is 2.59. The summed E-state index contributed by atoms with van der Waals surface area (Å²) in [5.41, 5.74) is 7.68. The maximum absolute atomic E-state index is 13.6. The lowest BCUT2D eigenvalue weighted by Gasteiger charge is -2.12. The van der Waals surface area contributed by atoms with Crippen molar-refractivity contribution in [1.82, 2.24) is 9.97 Å². The van der Waals surface area contributed by atoms with E-state index in [9.17, 15) is 4.39 Å². The fraction of sp³-hybridized carbons (Fsp3) is 0.308. The zero-order valence-electron chi connectivity index (χ0n) is 10.7. The molecular formula is C13H17FN4O. The number of H-pyrrole nitrogens is 1. The Kier molecular flexibility index (Phi) is 4.22. The molecule has 2 aromatic rings. The summed E-state index contributed by atoms with van der Waals surface area (Å²) >= 11 is 0. The highest BCUT2D eigenvalue weighted by atomic mass is 19.1. The zero-order valence-corrected chi connectivity index (χ0v) is 10.7. The smallest absolute Gasteiger partial charge is 0.167 e. The third kappa shape index (κ3) is 3.37. The van der Waals surface area contributed by atoms with Crippen molar-refractivity contribution in [2.24, 2.45) is 0 Å². The molecule has 19 heavy (non-hydrogen) atoms. The highest BCUT2D eigenvalue weighted by Crippen LogP contribution is 2.28. The summed E-state index contributed by atoms with van der Waals surface area (Å²) in [4.78, 5) is 6.88. The molecule has 0 bridgehead atoms. The van der Waals surface area contributed by atoms with Crippen molar-refractivity contribution >= 4 is 11.4 Å². The van der Waals surface area contributed by atoms with Gasteiger partial charge in [0.2, 0.25) is 0 Å². The minimum Gasteiger partial charge on any atom is -0.490 e. The molecule has 0 radical (unpaired) electrons. The van der Waals surface area contributed by atoms with Crippen LogP contribution in [0.2, 0.25) is 0 Å². The molecule has 0 aliphatic carbocycles. The lowest BCUT2D eigenvalue weighted by molar-refractivity contribution is 0.301. The molecule has 102 valence electrons. The normalized spacial score (nSPS) is 10.4. The number of aromatic nitrogens is 2. The predicted molar refractivity (Wildman–Crippen MR) is 72.5 cm³/mol. The molecule has 0 unspecified atom stereocenters. The molecule has 4 N–H and O–H groups in total. The number of rotatable bonds is 6. The van der Waals surface area contributed by atoms with E-state index < -0.39 is 5.82 Å². The van der Waals surface area contributed by atoms with E-state index in [4.69, 9.17) is 10.5 Å². The van der Waals surface area contributed by atoms with Gasteiger partial charge in [0.25, 0.3) is 0 Å². The predicted octanol–water partition coefficient (Wildman–Crippen LogP) is 2.53. The van der Waals surface area contributed by atoms with E-state index in [2.05, 4.69) is 15.3 Å². The van der Waals surface area contributed by atoms with Crippen LogP contribution in [0.25, 0.3) is 0 Å². The van der Waals surface area contributed by atoms with Crippen molar-refractivity contribution in [2.75, 3.05) is 17.7 Å². The van der Waals surface area contributed by atoms with Gasteiger partial charge in [0.05, 0.1) is 36.5 Å². The quantitative estimate of drug-likeness (QED) is 0.701. The standard InChI is InChI=1S/C13H17FN4O/c1-2-3-19-13-5-12(11(15)4-10(13)14)17-7-9-6-16-8-18-9/h4-6,8,17H,2-3,7,15H2,1H3,(H,16,18). The molecule has 1 heterocycles. The number of benzene rings is 1. The fourth-order valence-corrected chi connectivity index (χ4v) is 1.62. The highest BCUT2D eigenvalue weighted by Gasteiger charge is 2.09. The van der Waals surface area contributed by atoms with E-state index in [0.717, 1.165) is 12.1 Å². The zero-order chi connectivity index (χ0) is 13.7. The second-order valence-corrected chi connectivity index (χ2v) is 4.15. The van der Waals surface area contributed by atoms with Gasteiger partial charge in [-0.05, 0) is 6.42 Å². The summed E-state index contributed by atoms with van der Waals surface area (Å²) in [5, 5.41) is 3.12. The SMILES string of the molecule is CCCOc1cc(NCc2cnc[nH]2)c(N)cc1F. The van der Waals surface area contributed by atoms with Gasteiger partial charge >= 0.3 is 0 Å². The van der Waals surface area contributed by atoms with Gasteiger partial charge in [-0.25, -0.2) is 9.37 Å². The van der Waals surface area contributed by atoms with Gasteiger partial charge in [0.1, 0.15) is 0 Å². The number of halogens is 1. The number of nitrogen functional groups attached to an aromatic ring is 1. The first-order valence-corrected chi connectivity index (χ1v) is 6.13. The highest BCUT2D eigenvalue weighted by molar-refractivity contribution is 5.68. The maximum Gasteiger partial charge on any atom is 0.167 e. The van der Waals surface area contributed by atoms with Gasteiger partial charge in [0, 0.05) is 18.3 Å². The minimum absolute atomic E-state index is 0.211. The Hall–Kier alpha value is -2.24. The number of nitrogens with one attached hydrogen (secondary N) is 2. The van der Waals surface area contributed by atoms with Gasteiger partial charge in [0.15, 0.2) is 11.6 Å². The van der Waals surface area contributed by atoms with Crippen molar-refractivity contribution < 1.29 is 9.13 Å². The van der Waals surface area contributed by atoms with Gasteiger partial charge in [-0.1, -0.05) is 6.92 Å². The maximum atomic E-state index is 13.6. The van der Waals surface area contributed by atoms with Crippen LogP contribution < -0.4 is 15.8 Å². The van der Waals surface area contributed by atoms with E-state index in [1.54, 1.807) is 18.6 Å². The van der Waals surface area contributed by atoms with Crippen LogP contribution in [0.4, 0.5) is 15.8 Å². The van der Waals surface area contributed by atoms with E-state index in [-0.39, 0.29) is 5.75 Å². The van der Waals surface area contributed by atoms with Crippen LogP contribution in [0.3, 0.4) is 0 Å². The first kappa shape index (κ1) is 13.2. The molecule has 0 amide bonds. The Morgan fingerprint density at radius 3 is 3.00 bits per heavy atom. The van der Waals surface area contributed by atoms with Crippen molar-refractivity contribution in [2.45, 2.75) is 19.9 Å². The van der Waals surface area contributed by atoms with Gasteiger partial charge in [-0.3, -0.25) is 0 Å². The molecule has 0 aliphatic heterocycles. The Balaban J connectivity index is 2.10. The van der Waals surface area contributed by atoms with E-state index in [0.29, 0.717) is 24.5 Å². The molecule has 6 heteroatoms. The number of anilines is 2. The van der Waals surface area contributed by atoms with Crippen molar-refractivity contribution in [3.8, 4) is 5.75 Å². The first-order valence-electron chi connectivity index (χ1n) is 6.13. The molecule has 0 spiro atoms. The van der Waals surface area contributed by atoms with Gasteiger partial charge in [-0.15, -0.1) is 0 Å². The molecule has 0 aliphatic rings. The Morgan fingerprint density at radius 1 is 1.47 bits per heavy atom. The summed E-state index contributed by atoms with van der Waals surface area (Å²) in [5.74, 6) is -0.235. The number of ether oxygens (including phenoxy) is 1. The van der Waals surface area contributed by atoms with Crippen molar-refractivity contribution in [3.05, 3.63) is 36.2 Å². The second-order valence-electron chi connectivity index (χ2n) is 4.15. The van der Waals surface area contributed by atoms with Gasteiger partial charge in [-0.2, -0.15) is 0 Å². The largest absolute Gasteiger partial charge is 0.490 e. The average Bonchev–Trinajstić information content (AvgIpc) is 2.90. The van der Waals surface area contributed by atoms with Crippen LogP contribution in [-0.4, -0.2) is 16.6 Å². The van der Waals surface area contributed by atoms with Crippen LogP contribution in [0.1, 0.15) is 19.0 Å². The Morgan fingerprint density at radius 2 is 2.32 bits per heavy atom. The molecule has 1 aromatic heterocycles. The molecule has 2 rings (SSSR count). The molecule has 0 saturated heterocycles. The Bertz CT molecular complexity index is 528. The van der Waals surface area contributed by atoms with Crippen LogP contribution in [0.15, 0.2) is 24.7 Å². The van der Waals surface area contributed by atoms with Crippen LogP contribution in [0.5, 0.6) is 5.75 Å². The van der Waals surface area contributed by atoms with Crippen LogP contribution >= 0.6 is 0 Å². The third-order valence-corrected chi connectivity index (χ3v) is 2.59. The molecular weight excluding hydrogens is 247 g/mol. The van der Waals surface area contributed by atoms with E-state index >= 15 is 0 Å². The van der Waals surface area contributed by atoms with Crippen LogP contribution in [-0.2, 0) is 6.54 Å². The number of hydrogen-bond donors (Lipinski definition) is 3. The number of hydrogen-bond acceptors (Lipinski definition) is 4. The molecule has 0 atom stereocenters. The molecule has 0 saturated carbocycles. The molecule has 5 nitrogen and oxygen atoms in total. The summed E-state index contributed by atoms with van der Waals surface area (Å²) in [6, 6.07) is 2.84. The number of imidazole rings is 1.